The third-order valence-electron chi connectivity index (χ3n) is 4.61. The van der Waals surface area contributed by atoms with E-state index < -0.39 is 0 Å². The van der Waals surface area contributed by atoms with Gasteiger partial charge in [0, 0.05) is 12.1 Å². The van der Waals surface area contributed by atoms with Gasteiger partial charge >= 0.3 is 0 Å². The van der Waals surface area contributed by atoms with E-state index in [2.05, 4.69) is 16.5 Å². The first-order valence-corrected chi connectivity index (χ1v) is 10.3. The lowest BCUT2D eigenvalue weighted by atomic mass is 10.1. The maximum Gasteiger partial charge on any atom is 0.279 e. The highest BCUT2D eigenvalue weighted by molar-refractivity contribution is 7.16. The second-order valence-corrected chi connectivity index (χ2v) is 7.59. The summed E-state index contributed by atoms with van der Waals surface area (Å²) in [6, 6.07) is 19.8. The van der Waals surface area contributed by atoms with Crippen molar-refractivity contribution >= 4 is 38.2 Å². The number of thiazole rings is 1. The van der Waals surface area contributed by atoms with E-state index in [9.17, 15) is 4.79 Å². The lowest BCUT2D eigenvalue weighted by molar-refractivity contribution is 0.0998. The Morgan fingerprint density at radius 3 is 2.64 bits per heavy atom. The fourth-order valence-electron chi connectivity index (χ4n) is 3.31. The van der Waals surface area contributed by atoms with Crippen LogP contribution in [0.1, 0.15) is 30.6 Å². The molecule has 0 unspecified atom stereocenters. The maximum absolute atomic E-state index is 12.9. The molecule has 0 aliphatic heterocycles. The van der Waals surface area contributed by atoms with Crippen LogP contribution < -0.4 is 9.54 Å². The average molecular weight is 391 g/mol. The van der Waals surface area contributed by atoms with E-state index in [1.807, 2.05) is 67.6 Å². The SMILES string of the molecule is CCCn1c(=NC(=O)c2ccc3ccccc3c2)sc2cc(OCC)ccc21. The van der Waals surface area contributed by atoms with Crippen LogP contribution in [0.4, 0.5) is 0 Å². The molecule has 0 bridgehead atoms. The highest BCUT2D eigenvalue weighted by atomic mass is 32.1. The number of fused-ring (bicyclic) bond motifs is 2. The van der Waals surface area contributed by atoms with E-state index in [-0.39, 0.29) is 5.91 Å². The van der Waals surface area contributed by atoms with E-state index in [0.29, 0.717) is 12.2 Å². The number of amides is 1. The Morgan fingerprint density at radius 2 is 1.86 bits per heavy atom. The molecule has 0 saturated heterocycles. The highest BCUT2D eigenvalue weighted by Crippen LogP contribution is 2.24. The fourth-order valence-corrected chi connectivity index (χ4v) is 4.39. The molecular weight excluding hydrogens is 368 g/mol. The summed E-state index contributed by atoms with van der Waals surface area (Å²) in [5.74, 6) is 0.625. The molecule has 4 nitrogen and oxygen atoms in total. The van der Waals surface area contributed by atoms with Gasteiger partial charge in [-0.15, -0.1) is 0 Å². The van der Waals surface area contributed by atoms with Crippen LogP contribution in [-0.4, -0.2) is 17.1 Å². The second kappa shape index (κ2) is 7.98. The zero-order chi connectivity index (χ0) is 19.5. The largest absolute Gasteiger partial charge is 0.494 e. The van der Waals surface area contributed by atoms with Crippen LogP contribution in [0, 0.1) is 0 Å². The summed E-state index contributed by atoms with van der Waals surface area (Å²) in [4.78, 5) is 18.1. The number of carbonyl (C=O) groups is 1. The number of hydrogen-bond donors (Lipinski definition) is 0. The van der Waals surface area contributed by atoms with Crippen molar-refractivity contribution in [1.29, 1.82) is 0 Å². The van der Waals surface area contributed by atoms with Gasteiger partial charge in [-0.25, -0.2) is 0 Å². The molecule has 0 aliphatic carbocycles. The van der Waals surface area contributed by atoms with Crippen LogP contribution in [-0.2, 0) is 6.54 Å². The van der Waals surface area contributed by atoms with Crippen molar-refractivity contribution in [2.24, 2.45) is 4.99 Å². The molecule has 0 fully saturated rings. The molecule has 142 valence electrons. The van der Waals surface area contributed by atoms with Gasteiger partial charge in [-0.05, 0) is 54.4 Å². The topological polar surface area (TPSA) is 43.6 Å². The summed E-state index contributed by atoms with van der Waals surface area (Å²) >= 11 is 1.53. The predicted octanol–water partition coefficient (Wildman–Crippen LogP) is 5.41. The number of ether oxygens (including phenoxy) is 1. The number of aryl methyl sites for hydroxylation is 1. The number of rotatable bonds is 5. The van der Waals surface area contributed by atoms with Gasteiger partial charge in [-0.1, -0.05) is 48.6 Å². The van der Waals surface area contributed by atoms with E-state index in [1.54, 1.807) is 0 Å². The summed E-state index contributed by atoms with van der Waals surface area (Å²) in [5.41, 5.74) is 1.69. The first-order valence-electron chi connectivity index (χ1n) is 9.53. The van der Waals surface area contributed by atoms with E-state index in [1.165, 1.54) is 11.3 Å². The van der Waals surface area contributed by atoms with Crippen molar-refractivity contribution in [2.75, 3.05) is 6.61 Å². The molecule has 0 saturated carbocycles. The molecule has 5 heteroatoms. The van der Waals surface area contributed by atoms with Crippen molar-refractivity contribution in [3.8, 4) is 5.75 Å². The van der Waals surface area contributed by atoms with Crippen molar-refractivity contribution in [2.45, 2.75) is 26.8 Å². The number of hydrogen-bond acceptors (Lipinski definition) is 3. The second-order valence-electron chi connectivity index (χ2n) is 6.58. The molecule has 0 aliphatic rings. The van der Waals surface area contributed by atoms with Gasteiger partial charge in [0.1, 0.15) is 5.75 Å². The van der Waals surface area contributed by atoms with Gasteiger partial charge in [0.05, 0.1) is 16.8 Å². The number of nitrogens with zero attached hydrogens (tertiary/aromatic N) is 2. The molecule has 28 heavy (non-hydrogen) atoms. The van der Waals surface area contributed by atoms with Gasteiger partial charge in [0.25, 0.3) is 5.91 Å². The summed E-state index contributed by atoms with van der Waals surface area (Å²) in [5, 5.41) is 2.16. The quantitative estimate of drug-likeness (QED) is 0.457. The average Bonchev–Trinajstić information content (AvgIpc) is 3.04. The van der Waals surface area contributed by atoms with Crippen LogP contribution in [0.5, 0.6) is 5.75 Å². The molecule has 1 aromatic heterocycles. The number of benzene rings is 3. The van der Waals surface area contributed by atoms with Crippen LogP contribution in [0.15, 0.2) is 65.7 Å². The van der Waals surface area contributed by atoms with Crippen molar-refractivity contribution in [3.05, 3.63) is 71.0 Å². The Bertz CT molecular complexity index is 1220. The minimum Gasteiger partial charge on any atom is -0.494 e. The molecule has 3 aromatic carbocycles. The smallest absolute Gasteiger partial charge is 0.279 e. The van der Waals surface area contributed by atoms with Crippen LogP contribution in [0.25, 0.3) is 21.0 Å². The maximum atomic E-state index is 12.9. The Morgan fingerprint density at radius 1 is 1.04 bits per heavy atom. The third-order valence-corrected chi connectivity index (χ3v) is 5.65. The molecule has 0 radical (unpaired) electrons. The van der Waals surface area contributed by atoms with Crippen LogP contribution in [0.2, 0.25) is 0 Å². The van der Waals surface area contributed by atoms with Crippen molar-refractivity contribution in [3.63, 3.8) is 0 Å². The Kier molecular flexibility index (Phi) is 5.26. The molecule has 1 heterocycles. The summed E-state index contributed by atoms with van der Waals surface area (Å²) in [7, 11) is 0. The van der Waals surface area contributed by atoms with Gasteiger partial charge in [-0.2, -0.15) is 4.99 Å². The molecule has 0 N–H and O–H groups in total. The minimum atomic E-state index is -0.216. The Labute approximate surface area is 167 Å². The summed E-state index contributed by atoms with van der Waals surface area (Å²) < 4.78 is 8.81. The Balaban J connectivity index is 1.79. The van der Waals surface area contributed by atoms with Gasteiger partial charge in [0.15, 0.2) is 4.80 Å². The van der Waals surface area contributed by atoms with Gasteiger partial charge < -0.3 is 9.30 Å². The molecule has 1 amide bonds. The zero-order valence-electron chi connectivity index (χ0n) is 16.0. The van der Waals surface area contributed by atoms with Gasteiger partial charge in [0.2, 0.25) is 0 Å². The van der Waals surface area contributed by atoms with Crippen LogP contribution in [0.3, 0.4) is 0 Å². The standard InChI is InChI=1S/C23H22N2O2S/c1-3-13-25-20-12-11-19(27-4-2)15-21(20)28-23(25)24-22(26)18-10-9-16-7-5-6-8-17(16)14-18/h5-12,14-15H,3-4,13H2,1-2H3. The van der Waals surface area contributed by atoms with Crippen LogP contribution >= 0.6 is 11.3 Å². The first-order chi connectivity index (χ1) is 13.7. The number of carbonyl (C=O) groups excluding carboxylic acids is 1. The number of aromatic nitrogens is 1. The first kappa shape index (κ1) is 18.4. The third kappa shape index (κ3) is 3.58. The molecule has 4 rings (SSSR count). The van der Waals surface area contributed by atoms with Gasteiger partial charge in [-0.3, -0.25) is 4.79 Å². The van der Waals surface area contributed by atoms with E-state index in [4.69, 9.17) is 4.74 Å². The van der Waals surface area contributed by atoms with E-state index in [0.717, 1.165) is 44.5 Å². The normalized spacial score (nSPS) is 12.0. The fraction of sp³-hybridized carbons (Fsp3) is 0.217. The Hall–Kier alpha value is -2.92. The minimum absolute atomic E-state index is 0.216. The molecule has 4 aromatic rings. The van der Waals surface area contributed by atoms with Crippen molar-refractivity contribution < 1.29 is 9.53 Å². The van der Waals surface area contributed by atoms with Crippen molar-refractivity contribution in [1.82, 2.24) is 4.57 Å². The highest BCUT2D eigenvalue weighted by Gasteiger charge is 2.10. The lowest BCUT2D eigenvalue weighted by Crippen LogP contribution is -2.16. The summed E-state index contributed by atoms with van der Waals surface area (Å²) in [6.45, 7) is 5.54. The monoisotopic (exact) mass is 390 g/mol. The predicted molar refractivity (Wildman–Crippen MR) is 115 cm³/mol. The molecule has 0 spiro atoms. The molecule has 0 atom stereocenters. The molecular formula is C23H22N2O2S. The van der Waals surface area contributed by atoms with E-state index >= 15 is 0 Å². The zero-order valence-corrected chi connectivity index (χ0v) is 16.8. The summed E-state index contributed by atoms with van der Waals surface area (Å²) in [6.07, 6.45) is 0.969. The lowest BCUT2D eigenvalue weighted by Gasteiger charge is -2.05.